The Kier molecular flexibility index (Phi) is 3.89. The summed E-state index contributed by atoms with van der Waals surface area (Å²) in [5, 5.41) is 10.6. The number of hydrogen-bond donors (Lipinski definition) is 2. The van der Waals surface area contributed by atoms with Crippen molar-refractivity contribution in [2.24, 2.45) is 4.99 Å². The number of ether oxygens (including phenoxy) is 1. The van der Waals surface area contributed by atoms with Crippen LogP contribution in [0.3, 0.4) is 0 Å². The second-order valence-corrected chi connectivity index (χ2v) is 3.06. The van der Waals surface area contributed by atoms with E-state index in [2.05, 4.69) is 10.3 Å². The molecule has 0 radical (unpaired) electrons. The van der Waals surface area contributed by atoms with E-state index in [0.29, 0.717) is 5.90 Å². The lowest BCUT2D eigenvalue weighted by Crippen LogP contribution is -2.43. The molecule has 0 heterocycles. The van der Waals surface area contributed by atoms with Gasteiger partial charge in [-0.05, 0) is 20.9 Å². The summed E-state index contributed by atoms with van der Waals surface area (Å²) in [6, 6.07) is 0. The molecule has 0 aliphatic heterocycles. The quantitative estimate of drug-likeness (QED) is 0.481. The summed E-state index contributed by atoms with van der Waals surface area (Å²) >= 11 is 0. The molecule has 4 nitrogen and oxygen atoms in total. The van der Waals surface area contributed by atoms with Crippen LogP contribution in [-0.4, -0.2) is 31.4 Å². The van der Waals surface area contributed by atoms with Gasteiger partial charge in [-0.1, -0.05) is 0 Å². The number of rotatable bonds is 2. The molecule has 0 aliphatic carbocycles. The maximum atomic E-state index is 7.60. The second-order valence-electron chi connectivity index (χ2n) is 3.06. The number of nitrogens with one attached hydrogen (secondary N) is 2. The first-order valence-electron chi connectivity index (χ1n) is 3.81. The highest BCUT2D eigenvalue weighted by Crippen LogP contribution is 2.04. The minimum absolute atomic E-state index is 0.268. The number of aliphatic imine (C=N–C) groups is 1. The molecule has 12 heavy (non-hydrogen) atoms. The van der Waals surface area contributed by atoms with Gasteiger partial charge in [0.1, 0.15) is 5.84 Å². The Hall–Kier alpha value is -0.900. The Morgan fingerprint density at radius 3 is 2.33 bits per heavy atom. The maximum Gasteiger partial charge on any atom is 0.186 e. The Morgan fingerprint density at radius 1 is 1.50 bits per heavy atom. The smallest absolute Gasteiger partial charge is 0.186 e. The molecule has 0 aliphatic rings. The summed E-state index contributed by atoms with van der Waals surface area (Å²) in [6.45, 7) is 5.50. The van der Waals surface area contributed by atoms with Crippen molar-refractivity contribution in [2.45, 2.75) is 26.3 Å². The van der Waals surface area contributed by atoms with Gasteiger partial charge >= 0.3 is 0 Å². The molecule has 4 heteroatoms. The van der Waals surface area contributed by atoms with E-state index in [4.69, 9.17) is 10.1 Å². The van der Waals surface area contributed by atoms with E-state index in [1.165, 1.54) is 0 Å². The molecule has 0 unspecified atom stereocenters. The molecule has 0 saturated heterocycles. The van der Waals surface area contributed by atoms with E-state index in [1.807, 2.05) is 13.8 Å². The summed E-state index contributed by atoms with van der Waals surface area (Å²) in [6.07, 6.45) is 0. The fourth-order valence-corrected chi connectivity index (χ4v) is 0.461. The molecule has 0 aromatic rings. The van der Waals surface area contributed by atoms with Gasteiger partial charge in [0.15, 0.2) is 5.90 Å². The molecule has 0 fully saturated rings. The SMILES string of the molecule is CNC(C)(C)C(=N)/N=C(/C)OC. The number of nitrogens with zero attached hydrogens (tertiary/aromatic N) is 1. The fourth-order valence-electron chi connectivity index (χ4n) is 0.461. The van der Waals surface area contributed by atoms with Crippen molar-refractivity contribution in [2.75, 3.05) is 14.2 Å². The van der Waals surface area contributed by atoms with E-state index in [9.17, 15) is 0 Å². The zero-order valence-electron chi connectivity index (χ0n) is 8.36. The summed E-state index contributed by atoms with van der Waals surface area (Å²) in [5.41, 5.74) is -0.403. The highest BCUT2D eigenvalue weighted by atomic mass is 16.5. The van der Waals surface area contributed by atoms with Gasteiger partial charge in [0.2, 0.25) is 0 Å². The van der Waals surface area contributed by atoms with Crippen LogP contribution >= 0.6 is 0 Å². The predicted octanol–water partition coefficient (Wildman–Crippen LogP) is 1.03. The molecule has 0 spiro atoms. The molecule has 0 saturated carbocycles. The Balaban J connectivity index is 4.41. The van der Waals surface area contributed by atoms with Crippen molar-refractivity contribution in [1.82, 2.24) is 5.32 Å². The zero-order valence-corrected chi connectivity index (χ0v) is 8.36. The molecule has 0 aromatic heterocycles. The van der Waals surface area contributed by atoms with E-state index >= 15 is 0 Å². The van der Waals surface area contributed by atoms with Gasteiger partial charge in [-0.2, -0.15) is 0 Å². The van der Waals surface area contributed by atoms with Crippen LogP contribution in [0.1, 0.15) is 20.8 Å². The van der Waals surface area contributed by atoms with E-state index in [1.54, 1.807) is 21.1 Å². The summed E-state index contributed by atoms with van der Waals surface area (Å²) in [5.74, 6) is 0.771. The lowest BCUT2D eigenvalue weighted by molar-refractivity contribution is 0.399. The molecular weight excluding hydrogens is 154 g/mol. The fraction of sp³-hybridized carbons (Fsp3) is 0.750. The van der Waals surface area contributed by atoms with Gasteiger partial charge in [-0.15, -0.1) is 0 Å². The van der Waals surface area contributed by atoms with E-state index in [-0.39, 0.29) is 5.84 Å². The number of hydrogen-bond acceptors (Lipinski definition) is 3. The molecular formula is C8H17N3O. The number of amidine groups is 1. The Morgan fingerprint density at radius 2 is 2.00 bits per heavy atom. The lowest BCUT2D eigenvalue weighted by atomic mass is 10.1. The van der Waals surface area contributed by atoms with Crippen LogP contribution in [0.25, 0.3) is 0 Å². The maximum absolute atomic E-state index is 7.60. The van der Waals surface area contributed by atoms with Gasteiger partial charge < -0.3 is 10.1 Å². The molecule has 0 atom stereocenters. The van der Waals surface area contributed by atoms with Crippen LogP contribution in [-0.2, 0) is 4.74 Å². The third-order valence-corrected chi connectivity index (χ3v) is 1.78. The molecule has 0 bridgehead atoms. The topological polar surface area (TPSA) is 57.5 Å². The molecule has 0 aromatic carbocycles. The largest absolute Gasteiger partial charge is 0.484 e. The summed E-state index contributed by atoms with van der Waals surface area (Å²) in [7, 11) is 3.34. The first-order chi connectivity index (χ1) is 5.44. The molecule has 2 N–H and O–H groups in total. The average Bonchev–Trinajstić information content (AvgIpc) is 2.04. The van der Waals surface area contributed by atoms with Gasteiger partial charge in [0, 0.05) is 6.92 Å². The van der Waals surface area contributed by atoms with E-state index < -0.39 is 5.54 Å². The highest BCUT2D eigenvalue weighted by molar-refractivity contribution is 5.97. The minimum atomic E-state index is -0.403. The van der Waals surface area contributed by atoms with Crippen molar-refractivity contribution >= 4 is 11.7 Å². The zero-order chi connectivity index (χ0) is 9.78. The van der Waals surface area contributed by atoms with Crippen molar-refractivity contribution in [3.05, 3.63) is 0 Å². The van der Waals surface area contributed by atoms with Crippen LogP contribution in [0.5, 0.6) is 0 Å². The van der Waals surface area contributed by atoms with Gasteiger partial charge in [-0.25, -0.2) is 4.99 Å². The predicted molar refractivity (Wildman–Crippen MR) is 51.0 cm³/mol. The van der Waals surface area contributed by atoms with Crippen molar-refractivity contribution in [3.63, 3.8) is 0 Å². The number of methoxy groups -OCH3 is 1. The Bertz CT molecular complexity index is 196. The first kappa shape index (κ1) is 11.1. The van der Waals surface area contributed by atoms with Gasteiger partial charge in [-0.3, -0.25) is 5.41 Å². The van der Waals surface area contributed by atoms with Crippen LogP contribution in [0, 0.1) is 5.41 Å². The van der Waals surface area contributed by atoms with Crippen LogP contribution in [0.15, 0.2) is 4.99 Å². The minimum Gasteiger partial charge on any atom is -0.484 e. The number of likely N-dealkylation sites (N-methyl/N-ethyl adjacent to an activating group) is 1. The lowest BCUT2D eigenvalue weighted by Gasteiger charge is -2.21. The average molecular weight is 171 g/mol. The van der Waals surface area contributed by atoms with Crippen molar-refractivity contribution < 1.29 is 4.74 Å². The Labute approximate surface area is 73.5 Å². The van der Waals surface area contributed by atoms with Crippen LogP contribution in [0.2, 0.25) is 0 Å². The standard InChI is InChI=1S/C8H17N3O/c1-6(12-5)11-7(9)8(2,3)10-4/h9-10H,1-5H3/b9-7?,11-6-. The summed E-state index contributed by atoms with van der Waals surface area (Å²) in [4.78, 5) is 3.95. The van der Waals surface area contributed by atoms with E-state index in [0.717, 1.165) is 0 Å². The summed E-state index contributed by atoms with van der Waals surface area (Å²) < 4.78 is 4.84. The molecule has 0 rings (SSSR count). The van der Waals surface area contributed by atoms with Crippen LogP contribution < -0.4 is 5.32 Å². The van der Waals surface area contributed by atoms with Gasteiger partial charge in [0.25, 0.3) is 0 Å². The second kappa shape index (κ2) is 4.21. The van der Waals surface area contributed by atoms with Gasteiger partial charge in [0.05, 0.1) is 12.6 Å². The molecule has 70 valence electrons. The normalized spacial score (nSPS) is 12.9. The third kappa shape index (κ3) is 3.00. The van der Waals surface area contributed by atoms with Crippen molar-refractivity contribution in [1.29, 1.82) is 5.41 Å². The van der Waals surface area contributed by atoms with Crippen LogP contribution in [0.4, 0.5) is 0 Å². The highest BCUT2D eigenvalue weighted by Gasteiger charge is 2.20. The van der Waals surface area contributed by atoms with Crippen molar-refractivity contribution in [3.8, 4) is 0 Å². The third-order valence-electron chi connectivity index (χ3n) is 1.78. The monoisotopic (exact) mass is 171 g/mol. The first-order valence-corrected chi connectivity index (χ1v) is 3.81. The molecule has 0 amide bonds.